The number of nitrogens with two attached hydrogens (primary N) is 1. The van der Waals surface area contributed by atoms with Crippen LogP contribution >= 0.6 is 0 Å². The van der Waals surface area contributed by atoms with E-state index in [0.29, 0.717) is 17.7 Å². The Kier molecular flexibility index (Phi) is 4.00. The molecule has 0 bridgehead atoms. The summed E-state index contributed by atoms with van der Waals surface area (Å²) in [6.45, 7) is 5.52. The van der Waals surface area contributed by atoms with E-state index in [1.54, 1.807) is 0 Å². The van der Waals surface area contributed by atoms with Crippen LogP contribution in [0.3, 0.4) is 0 Å². The normalized spacial score (nSPS) is 19.7. The third kappa shape index (κ3) is 2.77. The first-order chi connectivity index (χ1) is 10.6. The van der Waals surface area contributed by atoms with E-state index in [1.165, 1.54) is 0 Å². The minimum atomic E-state index is -0.462. The third-order valence-electron chi connectivity index (χ3n) is 4.54. The molecule has 2 N–H and O–H groups in total. The highest BCUT2D eigenvalue weighted by atomic mass is 16.6. The van der Waals surface area contributed by atoms with Gasteiger partial charge in [0.05, 0.1) is 4.92 Å². The van der Waals surface area contributed by atoms with Crippen molar-refractivity contribution in [2.75, 3.05) is 41.7 Å². The number of anilines is 3. The number of piperidine rings is 1. The lowest BCUT2D eigenvalue weighted by Gasteiger charge is -2.31. The largest absolute Gasteiger partial charge is 0.378 e. The maximum Gasteiger partial charge on any atom is 0.353 e. The molecule has 22 heavy (non-hydrogen) atoms. The minimum Gasteiger partial charge on any atom is -0.378 e. The average Bonchev–Trinajstić information content (AvgIpc) is 3.01. The molecule has 3 heterocycles. The van der Waals surface area contributed by atoms with Crippen molar-refractivity contribution in [3.63, 3.8) is 0 Å². The van der Waals surface area contributed by atoms with Gasteiger partial charge in [-0.1, -0.05) is 6.92 Å². The van der Waals surface area contributed by atoms with Crippen LogP contribution in [0, 0.1) is 16.0 Å². The fraction of sp³-hybridized carbons (Fsp3) is 0.714. The molecule has 3 rings (SSSR count). The van der Waals surface area contributed by atoms with Crippen LogP contribution in [-0.2, 0) is 0 Å². The maximum absolute atomic E-state index is 11.4. The topological polar surface area (TPSA) is 101 Å². The smallest absolute Gasteiger partial charge is 0.353 e. The Morgan fingerprint density at radius 3 is 2.36 bits per heavy atom. The maximum atomic E-state index is 11.4. The second-order valence-corrected chi connectivity index (χ2v) is 6.20. The Morgan fingerprint density at radius 2 is 1.77 bits per heavy atom. The first kappa shape index (κ1) is 14.8. The Labute approximate surface area is 129 Å². The molecule has 8 heteroatoms. The first-order valence-electron chi connectivity index (χ1n) is 7.88. The molecule has 2 saturated heterocycles. The summed E-state index contributed by atoms with van der Waals surface area (Å²) < 4.78 is 0. The van der Waals surface area contributed by atoms with E-state index < -0.39 is 4.92 Å². The Hall–Kier alpha value is -2.12. The van der Waals surface area contributed by atoms with Gasteiger partial charge in [0.25, 0.3) is 0 Å². The average molecular weight is 306 g/mol. The summed E-state index contributed by atoms with van der Waals surface area (Å²) in [7, 11) is 0. The van der Waals surface area contributed by atoms with Gasteiger partial charge in [-0.2, -0.15) is 9.97 Å². The first-order valence-corrected chi connectivity index (χ1v) is 7.88. The predicted molar refractivity (Wildman–Crippen MR) is 85.2 cm³/mol. The van der Waals surface area contributed by atoms with Gasteiger partial charge in [0.15, 0.2) is 0 Å². The van der Waals surface area contributed by atoms with Crippen molar-refractivity contribution in [2.24, 2.45) is 5.92 Å². The van der Waals surface area contributed by atoms with Gasteiger partial charge >= 0.3 is 5.69 Å². The summed E-state index contributed by atoms with van der Waals surface area (Å²) in [4.78, 5) is 23.6. The van der Waals surface area contributed by atoms with E-state index in [4.69, 9.17) is 5.73 Å². The zero-order valence-electron chi connectivity index (χ0n) is 12.9. The molecule has 1 aromatic rings. The van der Waals surface area contributed by atoms with Gasteiger partial charge in [0.2, 0.25) is 17.6 Å². The summed E-state index contributed by atoms with van der Waals surface area (Å²) >= 11 is 0. The molecule has 2 aliphatic rings. The number of nitro groups is 1. The van der Waals surface area contributed by atoms with Gasteiger partial charge in [0.1, 0.15) is 0 Å². The van der Waals surface area contributed by atoms with Crippen molar-refractivity contribution < 1.29 is 4.92 Å². The molecule has 0 unspecified atom stereocenters. The third-order valence-corrected chi connectivity index (χ3v) is 4.54. The molecule has 0 atom stereocenters. The van der Waals surface area contributed by atoms with E-state index in [-0.39, 0.29) is 11.5 Å². The second-order valence-electron chi connectivity index (χ2n) is 6.20. The number of aromatic nitrogens is 2. The highest BCUT2D eigenvalue weighted by molar-refractivity contribution is 5.71. The fourth-order valence-electron chi connectivity index (χ4n) is 3.12. The lowest BCUT2D eigenvalue weighted by atomic mass is 9.99. The van der Waals surface area contributed by atoms with Crippen molar-refractivity contribution in [3.05, 3.63) is 10.1 Å². The lowest BCUT2D eigenvalue weighted by Crippen LogP contribution is -2.34. The number of nitrogens with zero attached hydrogens (tertiary/aromatic N) is 5. The monoisotopic (exact) mass is 306 g/mol. The molecule has 0 amide bonds. The molecule has 0 radical (unpaired) electrons. The summed E-state index contributed by atoms with van der Waals surface area (Å²) in [5, 5.41) is 11.4. The van der Waals surface area contributed by atoms with Gasteiger partial charge in [0, 0.05) is 26.2 Å². The number of hydrogen-bond donors (Lipinski definition) is 1. The molecule has 0 aliphatic carbocycles. The second kappa shape index (κ2) is 5.94. The van der Waals surface area contributed by atoms with Gasteiger partial charge in [-0.15, -0.1) is 0 Å². The molecule has 2 fully saturated rings. The minimum absolute atomic E-state index is 0.0319. The number of rotatable bonds is 3. The molecule has 0 saturated carbocycles. The van der Waals surface area contributed by atoms with Crippen molar-refractivity contribution in [2.45, 2.75) is 32.6 Å². The van der Waals surface area contributed by atoms with Crippen LogP contribution in [0.2, 0.25) is 0 Å². The van der Waals surface area contributed by atoms with E-state index in [1.807, 2.05) is 4.90 Å². The molecule has 1 aromatic heterocycles. The lowest BCUT2D eigenvalue weighted by molar-refractivity contribution is -0.383. The van der Waals surface area contributed by atoms with Crippen LogP contribution in [0.1, 0.15) is 32.6 Å². The number of nitrogen functional groups attached to an aromatic ring is 1. The molecule has 0 spiro atoms. The van der Waals surface area contributed by atoms with Crippen LogP contribution in [0.4, 0.5) is 23.3 Å². The SMILES string of the molecule is CC1CCN(c2nc(N3CCCC3)nc(N)c2[N+](=O)[O-])CC1. The standard InChI is InChI=1S/C14H22N6O2/c1-10-4-8-18(9-5-10)13-11(20(21)22)12(15)16-14(17-13)19-6-2-3-7-19/h10H,2-9H2,1H3,(H2,15,16,17). The summed E-state index contributed by atoms with van der Waals surface area (Å²) in [5.41, 5.74) is 5.72. The van der Waals surface area contributed by atoms with Crippen LogP contribution in [-0.4, -0.2) is 41.1 Å². The molecule has 2 aliphatic heterocycles. The van der Waals surface area contributed by atoms with Crippen LogP contribution in [0.25, 0.3) is 0 Å². The van der Waals surface area contributed by atoms with Crippen molar-refractivity contribution in [1.29, 1.82) is 0 Å². The predicted octanol–water partition coefficient (Wildman–Crippen LogP) is 1.80. The molecule has 0 aromatic carbocycles. The van der Waals surface area contributed by atoms with Crippen LogP contribution in [0.15, 0.2) is 0 Å². The van der Waals surface area contributed by atoms with E-state index in [9.17, 15) is 10.1 Å². The molecular weight excluding hydrogens is 284 g/mol. The van der Waals surface area contributed by atoms with E-state index >= 15 is 0 Å². The summed E-state index contributed by atoms with van der Waals surface area (Å²) in [6.07, 6.45) is 4.22. The fourth-order valence-corrected chi connectivity index (χ4v) is 3.12. The van der Waals surface area contributed by atoms with Gasteiger partial charge in [-0.25, -0.2) is 0 Å². The highest BCUT2D eigenvalue weighted by Gasteiger charge is 2.30. The van der Waals surface area contributed by atoms with Gasteiger partial charge in [-0.3, -0.25) is 10.1 Å². The summed E-state index contributed by atoms with van der Waals surface area (Å²) in [6, 6.07) is 0. The molecular formula is C14H22N6O2. The molecule has 8 nitrogen and oxygen atoms in total. The van der Waals surface area contributed by atoms with Crippen LogP contribution < -0.4 is 15.5 Å². The van der Waals surface area contributed by atoms with Gasteiger partial charge in [-0.05, 0) is 31.6 Å². The Morgan fingerprint density at radius 1 is 1.14 bits per heavy atom. The van der Waals surface area contributed by atoms with E-state index in [2.05, 4.69) is 21.8 Å². The zero-order chi connectivity index (χ0) is 15.7. The number of hydrogen-bond acceptors (Lipinski definition) is 7. The zero-order valence-corrected chi connectivity index (χ0v) is 12.9. The van der Waals surface area contributed by atoms with E-state index in [0.717, 1.165) is 51.9 Å². The van der Waals surface area contributed by atoms with Gasteiger partial charge < -0.3 is 15.5 Å². The van der Waals surface area contributed by atoms with Crippen molar-refractivity contribution in [3.8, 4) is 0 Å². The summed E-state index contributed by atoms with van der Waals surface area (Å²) in [5.74, 6) is 1.52. The molecule has 120 valence electrons. The van der Waals surface area contributed by atoms with Crippen LogP contribution in [0.5, 0.6) is 0 Å². The quantitative estimate of drug-likeness (QED) is 0.671. The van der Waals surface area contributed by atoms with Crippen molar-refractivity contribution in [1.82, 2.24) is 9.97 Å². The Balaban J connectivity index is 1.98. The highest BCUT2D eigenvalue weighted by Crippen LogP contribution is 2.35. The Bertz CT molecular complexity index is 565. The van der Waals surface area contributed by atoms with Crippen molar-refractivity contribution >= 4 is 23.3 Å².